The summed E-state index contributed by atoms with van der Waals surface area (Å²) >= 11 is 0. The van der Waals surface area contributed by atoms with E-state index in [1.54, 1.807) is 4.90 Å². The molecular weight excluding hydrogens is 280 g/mol. The molecule has 2 heterocycles. The normalized spacial score (nSPS) is 24.4. The molecule has 6 nitrogen and oxygen atoms in total. The fourth-order valence-corrected chi connectivity index (χ4v) is 4.01. The van der Waals surface area contributed by atoms with Crippen LogP contribution in [-0.2, 0) is 14.8 Å². The molecule has 0 spiro atoms. The summed E-state index contributed by atoms with van der Waals surface area (Å²) in [6, 6.07) is 0. The number of piperidine rings is 1. The lowest BCUT2D eigenvalue weighted by atomic mass is 9.86. The van der Waals surface area contributed by atoms with Gasteiger partial charge in [-0.2, -0.15) is 0 Å². The standard InChI is InChI=1S/C13H24N2O4S/c1-3-6-13(17)9-14(10-13)12(16)11-4-7-15(8-5-11)20(2,18)19/h11,17H,3-10H2,1-2H3. The lowest BCUT2D eigenvalue weighted by molar-refractivity contribution is -0.161. The summed E-state index contributed by atoms with van der Waals surface area (Å²) in [6.45, 7) is 3.70. The van der Waals surface area contributed by atoms with Crippen molar-refractivity contribution in [1.82, 2.24) is 9.21 Å². The van der Waals surface area contributed by atoms with Gasteiger partial charge in [-0.3, -0.25) is 4.79 Å². The average molecular weight is 304 g/mol. The van der Waals surface area contributed by atoms with E-state index in [0.29, 0.717) is 39.0 Å². The number of likely N-dealkylation sites (tertiary alicyclic amines) is 1. The lowest BCUT2D eigenvalue weighted by Gasteiger charge is -2.48. The van der Waals surface area contributed by atoms with E-state index in [2.05, 4.69) is 0 Å². The molecule has 0 saturated carbocycles. The summed E-state index contributed by atoms with van der Waals surface area (Å²) in [5, 5.41) is 10.1. The number of β-amino-alcohol motifs (C(OH)–C–C–N with tert-alkyl or cyclic N) is 1. The molecule has 0 aromatic heterocycles. The summed E-state index contributed by atoms with van der Waals surface area (Å²) in [6.07, 6.45) is 3.99. The number of rotatable bonds is 4. The number of aliphatic hydroxyl groups is 1. The Kier molecular flexibility index (Phi) is 4.41. The largest absolute Gasteiger partial charge is 0.386 e. The predicted octanol–water partition coefficient (Wildman–Crippen LogP) is 0.0314. The van der Waals surface area contributed by atoms with Gasteiger partial charge in [0.25, 0.3) is 0 Å². The highest BCUT2D eigenvalue weighted by Crippen LogP contribution is 2.29. The molecule has 2 fully saturated rings. The number of nitrogens with zero attached hydrogens (tertiary/aromatic N) is 2. The Morgan fingerprint density at radius 2 is 1.85 bits per heavy atom. The minimum Gasteiger partial charge on any atom is -0.386 e. The fraction of sp³-hybridized carbons (Fsp3) is 0.923. The molecular formula is C13H24N2O4S. The molecule has 20 heavy (non-hydrogen) atoms. The van der Waals surface area contributed by atoms with Gasteiger partial charge in [-0.15, -0.1) is 0 Å². The second kappa shape index (κ2) is 5.61. The van der Waals surface area contributed by atoms with Gasteiger partial charge >= 0.3 is 0 Å². The number of sulfonamides is 1. The van der Waals surface area contributed by atoms with Crippen molar-refractivity contribution >= 4 is 15.9 Å². The second-order valence-electron chi connectivity index (χ2n) is 6.10. The van der Waals surface area contributed by atoms with Crippen LogP contribution >= 0.6 is 0 Å². The molecule has 2 saturated heterocycles. The topological polar surface area (TPSA) is 77.9 Å². The zero-order valence-corrected chi connectivity index (χ0v) is 13.0. The van der Waals surface area contributed by atoms with Crippen molar-refractivity contribution < 1.29 is 18.3 Å². The number of amides is 1. The number of hydrogen-bond acceptors (Lipinski definition) is 4. The van der Waals surface area contributed by atoms with Crippen LogP contribution in [0.25, 0.3) is 0 Å². The third-order valence-corrected chi connectivity index (χ3v) is 5.57. The van der Waals surface area contributed by atoms with Gasteiger partial charge in [0.05, 0.1) is 24.9 Å². The van der Waals surface area contributed by atoms with Crippen molar-refractivity contribution in [2.45, 2.75) is 38.2 Å². The molecule has 1 N–H and O–H groups in total. The fourth-order valence-electron chi connectivity index (χ4n) is 3.14. The van der Waals surface area contributed by atoms with Gasteiger partial charge in [-0.25, -0.2) is 12.7 Å². The van der Waals surface area contributed by atoms with E-state index in [-0.39, 0.29) is 11.8 Å². The Bertz CT molecular complexity index is 463. The van der Waals surface area contributed by atoms with Crippen molar-refractivity contribution in [1.29, 1.82) is 0 Å². The van der Waals surface area contributed by atoms with Gasteiger partial charge in [-0.05, 0) is 19.3 Å². The molecule has 116 valence electrons. The van der Waals surface area contributed by atoms with Gasteiger partial charge in [0, 0.05) is 19.0 Å². The number of carbonyl (C=O) groups excluding carboxylic acids is 1. The first kappa shape index (κ1) is 15.7. The Labute approximate surface area is 120 Å². The zero-order chi connectivity index (χ0) is 15.0. The van der Waals surface area contributed by atoms with Gasteiger partial charge in [-0.1, -0.05) is 13.3 Å². The maximum atomic E-state index is 12.3. The first-order chi connectivity index (χ1) is 9.25. The lowest BCUT2D eigenvalue weighted by Crippen LogP contribution is -2.64. The van der Waals surface area contributed by atoms with Crippen LogP contribution in [0.4, 0.5) is 0 Å². The van der Waals surface area contributed by atoms with Crippen LogP contribution < -0.4 is 0 Å². The van der Waals surface area contributed by atoms with Crippen molar-refractivity contribution in [3.63, 3.8) is 0 Å². The van der Waals surface area contributed by atoms with Crippen LogP contribution in [0.5, 0.6) is 0 Å². The predicted molar refractivity (Wildman–Crippen MR) is 75.6 cm³/mol. The molecule has 0 aliphatic carbocycles. The molecule has 2 aliphatic heterocycles. The van der Waals surface area contributed by atoms with E-state index in [0.717, 1.165) is 12.8 Å². The van der Waals surface area contributed by atoms with Gasteiger partial charge in [0.15, 0.2) is 0 Å². The van der Waals surface area contributed by atoms with E-state index in [4.69, 9.17) is 0 Å². The summed E-state index contributed by atoms with van der Waals surface area (Å²) in [4.78, 5) is 14.0. The highest BCUT2D eigenvalue weighted by atomic mass is 32.2. The first-order valence-corrected chi connectivity index (χ1v) is 9.06. The number of carbonyl (C=O) groups is 1. The zero-order valence-electron chi connectivity index (χ0n) is 12.2. The van der Waals surface area contributed by atoms with Crippen LogP contribution in [-0.4, -0.2) is 66.7 Å². The van der Waals surface area contributed by atoms with E-state index in [1.807, 2.05) is 6.92 Å². The quantitative estimate of drug-likeness (QED) is 0.795. The Morgan fingerprint density at radius 1 is 1.30 bits per heavy atom. The van der Waals surface area contributed by atoms with Crippen molar-refractivity contribution in [2.75, 3.05) is 32.4 Å². The molecule has 0 bridgehead atoms. The molecule has 0 unspecified atom stereocenters. The molecule has 0 aromatic rings. The van der Waals surface area contributed by atoms with Crippen molar-refractivity contribution in [3.05, 3.63) is 0 Å². The maximum absolute atomic E-state index is 12.3. The Balaban J connectivity index is 1.82. The van der Waals surface area contributed by atoms with Gasteiger partial charge in [0.1, 0.15) is 0 Å². The van der Waals surface area contributed by atoms with E-state index in [9.17, 15) is 18.3 Å². The third kappa shape index (κ3) is 3.32. The highest BCUT2D eigenvalue weighted by Gasteiger charge is 2.44. The van der Waals surface area contributed by atoms with Crippen LogP contribution in [0.2, 0.25) is 0 Å². The van der Waals surface area contributed by atoms with Crippen LogP contribution in [0.15, 0.2) is 0 Å². The van der Waals surface area contributed by atoms with Crippen LogP contribution in [0.3, 0.4) is 0 Å². The minimum absolute atomic E-state index is 0.0685. The maximum Gasteiger partial charge on any atom is 0.225 e. The Hall–Kier alpha value is -0.660. The van der Waals surface area contributed by atoms with Crippen LogP contribution in [0.1, 0.15) is 32.6 Å². The van der Waals surface area contributed by atoms with Crippen molar-refractivity contribution in [3.8, 4) is 0 Å². The summed E-state index contributed by atoms with van der Waals surface area (Å²) in [5.41, 5.74) is -0.697. The summed E-state index contributed by atoms with van der Waals surface area (Å²) in [7, 11) is -3.14. The molecule has 1 amide bonds. The second-order valence-corrected chi connectivity index (χ2v) is 8.09. The molecule has 2 rings (SSSR count). The molecule has 2 aliphatic rings. The van der Waals surface area contributed by atoms with Crippen LogP contribution in [0, 0.1) is 5.92 Å². The molecule has 0 radical (unpaired) electrons. The third-order valence-electron chi connectivity index (χ3n) is 4.27. The SMILES string of the molecule is CCCC1(O)CN(C(=O)C2CCN(S(C)(=O)=O)CC2)C1. The van der Waals surface area contributed by atoms with E-state index < -0.39 is 15.6 Å². The minimum atomic E-state index is -3.14. The average Bonchev–Trinajstić information content (AvgIpc) is 2.34. The smallest absolute Gasteiger partial charge is 0.225 e. The van der Waals surface area contributed by atoms with Crippen molar-refractivity contribution in [2.24, 2.45) is 5.92 Å². The monoisotopic (exact) mass is 304 g/mol. The summed E-state index contributed by atoms with van der Waals surface area (Å²) in [5.74, 6) is -0.0295. The van der Waals surface area contributed by atoms with Gasteiger partial charge in [0.2, 0.25) is 15.9 Å². The van der Waals surface area contributed by atoms with Gasteiger partial charge < -0.3 is 10.0 Å². The highest BCUT2D eigenvalue weighted by molar-refractivity contribution is 7.88. The number of hydrogen-bond donors (Lipinski definition) is 1. The molecule has 7 heteroatoms. The summed E-state index contributed by atoms with van der Waals surface area (Å²) < 4.78 is 24.3. The van der Waals surface area contributed by atoms with E-state index >= 15 is 0 Å². The molecule has 0 atom stereocenters. The first-order valence-electron chi connectivity index (χ1n) is 7.21. The van der Waals surface area contributed by atoms with E-state index in [1.165, 1.54) is 10.6 Å². The Morgan fingerprint density at radius 3 is 2.30 bits per heavy atom. The molecule has 0 aromatic carbocycles.